The largest absolute Gasteiger partial charge is 0.469 e. The van der Waals surface area contributed by atoms with E-state index in [1.54, 1.807) is 7.11 Å². The number of esters is 1. The van der Waals surface area contributed by atoms with Gasteiger partial charge in [0.25, 0.3) is 0 Å². The second-order valence-corrected chi connectivity index (χ2v) is 9.96. The second kappa shape index (κ2) is 5.46. The van der Waals surface area contributed by atoms with E-state index in [2.05, 4.69) is 13.8 Å². The Morgan fingerprint density at radius 1 is 1.12 bits per heavy atom. The van der Waals surface area contributed by atoms with Crippen LogP contribution in [-0.2, 0) is 9.53 Å². The predicted molar refractivity (Wildman–Crippen MR) is 93.3 cm³/mol. The highest BCUT2D eigenvalue weighted by Crippen LogP contribution is 2.72. The average Bonchev–Trinajstić information content (AvgIpc) is 2.60. The van der Waals surface area contributed by atoms with Gasteiger partial charge in [0.05, 0.1) is 12.5 Å². The first-order chi connectivity index (χ1) is 11.4. The number of fused-ring (bicyclic) bond motifs is 3. The SMILES string of the molecule is COC(=O)[C@]1(C)CCC[C@@]2(C)[C@@H]3C[C@H]4CC[C@]3(CC[C@@H]21)C[C@@H]4CO. The molecule has 1 N–H and O–H groups in total. The number of ether oxygens (including phenoxy) is 1. The summed E-state index contributed by atoms with van der Waals surface area (Å²) in [5.41, 5.74) is 0.427. The monoisotopic (exact) mass is 334 g/mol. The van der Waals surface area contributed by atoms with Crippen LogP contribution in [0.4, 0.5) is 0 Å². The molecule has 0 radical (unpaired) electrons. The van der Waals surface area contributed by atoms with Crippen LogP contribution in [0.2, 0.25) is 0 Å². The number of aliphatic hydroxyl groups is 1. The van der Waals surface area contributed by atoms with Crippen molar-refractivity contribution < 1.29 is 14.6 Å². The zero-order valence-electron chi connectivity index (χ0n) is 15.6. The summed E-state index contributed by atoms with van der Waals surface area (Å²) in [6.45, 7) is 5.05. The fourth-order valence-electron chi connectivity index (χ4n) is 8.15. The molecule has 24 heavy (non-hydrogen) atoms. The summed E-state index contributed by atoms with van der Waals surface area (Å²) >= 11 is 0. The summed E-state index contributed by atoms with van der Waals surface area (Å²) in [5, 5.41) is 9.82. The third-order valence-corrected chi connectivity index (χ3v) is 9.22. The molecule has 0 aliphatic heterocycles. The summed E-state index contributed by atoms with van der Waals surface area (Å²) in [6, 6.07) is 0. The smallest absolute Gasteiger partial charge is 0.311 e. The number of rotatable bonds is 2. The minimum atomic E-state index is -0.295. The van der Waals surface area contributed by atoms with E-state index in [9.17, 15) is 9.90 Å². The van der Waals surface area contributed by atoms with Gasteiger partial charge in [-0.1, -0.05) is 13.3 Å². The fraction of sp³-hybridized carbons (Fsp3) is 0.952. The standard InChI is InChI=1S/C21H34O3/c1-19-7-4-8-20(2,18(23)24-3)16(19)6-10-21-9-5-14(11-17(19)21)15(12-21)13-22/h14-17,22H,4-13H2,1-3H3/t14-,15-,16+,17+,19-,20-,21+/m1/s1. The van der Waals surface area contributed by atoms with Crippen molar-refractivity contribution in [3.8, 4) is 0 Å². The lowest BCUT2D eigenvalue weighted by Gasteiger charge is -2.68. The van der Waals surface area contributed by atoms with Crippen molar-refractivity contribution in [2.45, 2.75) is 71.6 Å². The van der Waals surface area contributed by atoms with E-state index in [-0.39, 0.29) is 16.8 Å². The van der Waals surface area contributed by atoms with Gasteiger partial charge in [-0.2, -0.15) is 0 Å². The number of hydrogen-bond donors (Lipinski definition) is 1. The Morgan fingerprint density at radius 2 is 1.88 bits per heavy atom. The van der Waals surface area contributed by atoms with Gasteiger partial charge >= 0.3 is 5.97 Å². The third kappa shape index (κ3) is 2.03. The Balaban J connectivity index is 1.70. The Labute approximate surface area is 146 Å². The average molecular weight is 335 g/mol. The van der Waals surface area contributed by atoms with Gasteiger partial charge in [0, 0.05) is 6.61 Å². The lowest BCUT2D eigenvalue weighted by atomic mass is 9.36. The fourth-order valence-corrected chi connectivity index (χ4v) is 8.15. The molecule has 0 aromatic carbocycles. The predicted octanol–water partition coefficient (Wildman–Crippen LogP) is 4.18. The molecule has 5 rings (SSSR count). The van der Waals surface area contributed by atoms with Crippen molar-refractivity contribution >= 4 is 5.97 Å². The van der Waals surface area contributed by atoms with Crippen molar-refractivity contribution in [2.24, 2.45) is 39.9 Å². The highest BCUT2D eigenvalue weighted by atomic mass is 16.5. The van der Waals surface area contributed by atoms with Crippen molar-refractivity contribution in [3.05, 3.63) is 0 Å². The molecule has 5 fully saturated rings. The first-order valence-corrected chi connectivity index (χ1v) is 10.1. The molecule has 2 bridgehead atoms. The van der Waals surface area contributed by atoms with Gasteiger partial charge in [0.15, 0.2) is 0 Å². The van der Waals surface area contributed by atoms with Crippen molar-refractivity contribution in [1.82, 2.24) is 0 Å². The maximum Gasteiger partial charge on any atom is 0.311 e. The van der Waals surface area contributed by atoms with Gasteiger partial charge in [-0.3, -0.25) is 4.79 Å². The molecule has 0 amide bonds. The lowest BCUT2D eigenvalue weighted by Crippen LogP contribution is -2.62. The molecule has 0 aromatic rings. The molecule has 7 atom stereocenters. The Hall–Kier alpha value is -0.570. The molecular weight excluding hydrogens is 300 g/mol. The molecule has 3 heteroatoms. The van der Waals surface area contributed by atoms with E-state index in [1.807, 2.05) is 0 Å². The van der Waals surface area contributed by atoms with Gasteiger partial charge in [0.2, 0.25) is 0 Å². The van der Waals surface area contributed by atoms with Crippen LogP contribution in [0.1, 0.15) is 71.6 Å². The topological polar surface area (TPSA) is 46.5 Å². The minimum Gasteiger partial charge on any atom is -0.469 e. The summed E-state index contributed by atoms with van der Waals surface area (Å²) in [4.78, 5) is 12.6. The van der Waals surface area contributed by atoms with Crippen molar-refractivity contribution in [3.63, 3.8) is 0 Å². The van der Waals surface area contributed by atoms with Crippen LogP contribution < -0.4 is 0 Å². The molecule has 0 heterocycles. The highest BCUT2D eigenvalue weighted by Gasteiger charge is 2.65. The van der Waals surface area contributed by atoms with Crippen LogP contribution in [-0.4, -0.2) is 24.8 Å². The lowest BCUT2D eigenvalue weighted by molar-refractivity contribution is -0.208. The molecule has 0 aromatic heterocycles. The van der Waals surface area contributed by atoms with Crippen LogP contribution in [0.25, 0.3) is 0 Å². The van der Waals surface area contributed by atoms with E-state index < -0.39 is 0 Å². The number of aliphatic hydroxyl groups excluding tert-OH is 1. The molecule has 5 saturated carbocycles. The molecule has 0 unspecified atom stereocenters. The highest BCUT2D eigenvalue weighted by molar-refractivity contribution is 5.77. The van der Waals surface area contributed by atoms with Crippen LogP contribution in [0.15, 0.2) is 0 Å². The summed E-state index contributed by atoms with van der Waals surface area (Å²) < 4.78 is 5.25. The van der Waals surface area contributed by atoms with E-state index in [0.29, 0.717) is 29.8 Å². The summed E-state index contributed by atoms with van der Waals surface area (Å²) in [7, 11) is 1.55. The quantitative estimate of drug-likeness (QED) is 0.771. The maximum atomic E-state index is 12.6. The molecule has 1 spiro atoms. The molecule has 5 aliphatic rings. The van der Waals surface area contributed by atoms with Crippen molar-refractivity contribution in [2.75, 3.05) is 13.7 Å². The molecular formula is C21H34O3. The normalized spacial score (nSPS) is 53.2. The van der Waals surface area contributed by atoms with Crippen LogP contribution in [0.5, 0.6) is 0 Å². The van der Waals surface area contributed by atoms with Crippen LogP contribution in [0.3, 0.4) is 0 Å². The van der Waals surface area contributed by atoms with E-state index in [4.69, 9.17) is 4.74 Å². The second-order valence-electron chi connectivity index (χ2n) is 9.96. The number of methoxy groups -OCH3 is 1. The van der Waals surface area contributed by atoms with Crippen molar-refractivity contribution in [1.29, 1.82) is 0 Å². The number of carbonyl (C=O) groups excluding carboxylic acids is 1. The Bertz CT molecular complexity index is 531. The van der Waals surface area contributed by atoms with E-state index >= 15 is 0 Å². The molecule has 136 valence electrons. The van der Waals surface area contributed by atoms with E-state index in [1.165, 1.54) is 44.9 Å². The first-order valence-electron chi connectivity index (χ1n) is 10.1. The third-order valence-electron chi connectivity index (χ3n) is 9.22. The Morgan fingerprint density at radius 3 is 2.58 bits per heavy atom. The van der Waals surface area contributed by atoms with Gasteiger partial charge < -0.3 is 9.84 Å². The van der Waals surface area contributed by atoms with E-state index in [0.717, 1.165) is 18.8 Å². The van der Waals surface area contributed by atoms with Gasteiger partial charge in [-0.15, -0.1) is 0 Å². The van der Waals surface area contributed by atoms with Gasteiger partial charge in [0.1, 0.15) is 0 Å². The Kier molecular flexibility index (Phi) is 3.84. The van der Waals surface area contributed by atoms with Gasteiger partial charge in [-0.25, -0.2) is 0 Å². The number of hydrogen-bond acceptors (Lipinski definition) is 3. The summed E-state index contributed by atoms with van der Waals surface area (Å²) in [5.74, 6) is 2.47. The maximum absolute atomic E-state index is 12.6. The zero-order valence-corrected chi connectivity index (χ0v) is 15.6. The molecule has 0 saturated heterocycles. The molecule has 3 nitrogen and oxygen atoms in total. The van der Waals surface area contributed by atoms with Gasteiger partial charge in [-0.05, 0) is 92.8 Å². The number of carbonyl (C=O) groups is 1. The zero-order chi connectivity index (χ0) is 17.2. The first kappa shape index (κ1) is 16.9. The van der Waals surface area contributed by atoms with Crippen LogP contribution in [0, 0.1) is 39.9 Å². The summed E-state index contributed by atoms with van der Waals surface area (Å²) in [6.07, 6.45) is 11.0. The minimum absolute atomic E-state index is 0.0172. The molecule has 5 aliphatic carbocycles. The van der Waals surface area contributed by atoms with Crippen LogP contribution >= 0.6 is 0 Å².